The van der Waals surface area contributed by atoms with Gasteiger partial charge in [-0.05, 0) is 88.2 Å². The number of halogens is 2. The molecule has 0 spiro atoms. The van der Waals surface area contributed by atoms with Gasteiger partial charge in [0.2, 0.25) is 0 Å². The van der Waals surface area contributed by atoms with Gasteiger partial charge in [-0.3, -0.25) is 4.79 Å². The van der Waals surface area contributed by atoms with Crippen LogP contribution in [0.15, 0.2) is 71.6 Å². The van der Waals surface area contributed by atoms with Crippen molar-refractivity contribution in [2.24, 2.45) is 0 Å². The zero-order chi connectivity index (χ0) is 22.5. The van der Waals surface area contributed by atoms with Crippen molar-refractivity contribution in [1.29, 1.82) is 0 Å². The Bertz CT molecular complexity index is 1130. The van der Waals surface area contributed by atoms with Gasteiger partial charge in [0.1, 0.15) is 12.4 Å². The van der Waals surface area contributed by atoms with Crippen LogP contribution in [0.1, 0.15) is 23.6 Å². The lowest BCUT2D eigenvalue weighted by molar-refractivity contribution is -0.116. The van der Waals surface area contributed by atoms with Gasteiger partial charge in [0.25, 0.3) is 5.91 Å². The van der Waals surface area contributed by atoms with Gasteiger partial charge in [-0.2, -0.15) is 0 Å². The summed E-state index contributed by atoms with van der Waals surface area (Å²) in [5.74, 6) is 0.733. The van der Waals surface area contributed by atoms with Crippen LogP contribution in [0.2, 0.25) is 5.02 Å². The Hall–Kier alpha value is -2.16. The summed E-state index contributed by atoms with van der Waals surface area (Å²) in [6.45, 7) is 2.60. The lowest BCUT2D eigenvalue weighted by Crippen LogP contribution is -2.30. The van der Waals surface area contributed by atoms with E-state index in [9.17, 15) is 4.79 Å². The average molecular weight is 577 g/mol. The normalized spacial score (nSPS) is 16.8. The third-order valence-corrected chi connectivity index (χ3v) is 7.08. The molecule has 0 bridgehead atoms. The third kappa shape index (κ3) is 5.99. The number of amides is 1. The highest BCUT2D eigenvalue weighted by Crippen LogP contribution is 2.31. The van der Waals surface area contributed by atoms with E-state index in [1.807, 2.05) is 60.7 Å². The number of hydrogen-bond acceptors (Lipinski definition) is 4. The van der Waals surface area contributed by atoms with Gasteiger partial charge in [-0.15, -0.1) is 0 Å². The fourth-order valence-corrected chi connectivity index (χ4v) is 4.98. The molecular weight excluding hydrogens is 555 g/mol. The molecule has 1 heterocycles. The molecule has 2 N–H and O–H groups in total. The molecule has 4 rings (SSSR count). The number of anilines is 1. The molecule has 0 saturated carbocycles. The van der Waals surface area contributed by atoms with E-state index < -0.39 is 0 Å². The number of aryl methyl sites for hydroxylation is 1. The number of nitrogens with one attached hydrogen (secondary N) is 2. The van der Waals surface area contributed by atoms with Crippen LogP contribution in [0.25, 0.3) is 6.08 Å². The quantitative estimate of drug-likeness (QED) is 0.243. The van der Waals surface area contributed by atoms with Gasteiger partial charge >= 0.3 is 0 Å². The predicted octanol–water partition coefficient (Wildman–Crippen LogP) is 6.69. The SMILES string of the molecule is CCc1ccc(N[C@H]2NC(=O)/C(=C/c3ccc(OCc4ccc(Cl)cc4)c(I)c3)S2)cc1. The summed E-state index contributed by atoms with van der Waals surface area (Å²) in [5, 5.41) is 7.04. The molecule has 164 valence electrons. The summed E-state index contributed by atoms with van der Waals surface area (Å²) < 4.78 is 6.93. The number of rotatable bonds is 7. The molecule has 1 saturated heterocycles. The van der Waals surface area contributed by atoms with E-state index >= 15 is 0 Å². The molecule has 7 heteroatoms. The number of carbonyl (C=O) groups is 1. The zero-order valence-corrected chi connectivity index (χ0v) is 21.1. The second-order valence-electron chi connectivity index (χ2n) is 7.28. The van der Waals surface area contributed by atoms with Crippen LogP contribution in [0.4, 0.5) is 5.69 Å². The monoisotopic (exact) mass is 576 g/mol. The second kappa shape index (κ2) is 10.6. The van der Waals surface area contributed by atoms with E-state index in [4.69, 9.17) is 16.3 Å². The van der Waals surface area contributed by atoms with Gasteiger partial charge in [-0.25, -0.2) is 0 Å². The van der Waals surface area contributed by atoms with Crippen LogP contribution in [0, 0.1) is 3.57 Å². The van der Waals surface area contributed by atoms with Gasteiger partial charge in [0.15, 0.2) is 5.50 Å². The molecule has 4 nitrogen and oxygen atoms in total. The number of ether oxygens (including phenoxy) is 1. The molecule has 0 unspecified atom stereocenters. The van der Waals surface area contributed by atoms with E-state index in [2.05, 4.69) is 52.3 Å². The fourth-order valence-electron chi connectivity index (χ4n) is 3.17. The topological polar surface area (TPSA) is 50.4 Å². The first-order valence-electron chi connectivity index (χ1n) is 10.2. The number of carbonyl (C=O) groups excluding carboxylic acids is 1. The summed E-state index contributed by atoms with van der Waals surface area (Å²) >= 11 is 9.67. The van der Waals surface area contributed by atoms with Crippen molar-refractivity contribution in [3.63, 3.8) is 0 Å². The lowest BCUT2D eigenvalue weighted by atomic mass is 10.1. The van der Waals surface area contributed by atoms with Gasteiger partial charge < -0.3 is 15.4 Å². The summed E-state index contributed by atoms with van der Waals surface area (Å²) in [5.41, 5.74) is 4.09. The van der Waals surface area contributed by atoms with Crippen LogP contribution in [0.3, 0.4) is 0 Å². The molecule has 0 aliphatic carbocycles. The van der Waals surface area contributed by atoms with Crippen LogP contribution in [-0.2, 0) is 17.8 Å². The minimum absolute atomic E-state index is 0.0734. The van der Waals surface area contributed by atoms with Crippen LogP contribution in [-0.4, -0.2) is 11.4 Å². The highest BCUT2D eigenvalue weighted by atomic mass is 127. The van der Waals surface area contributed by atoms with Crippen molar-refractivity contribution in [3.05, 3.63) is 96.9 Å². The fraction of sp³-hybridized carbons (Fsp3) is 0.160. The van der Waals surface area contributed by atoms with E-state index in [1.165, 1.54) is 17.3 Å². The number of thioether (sulfide) groups is 1. The molecule has 0 aromatic heterocycles. The zero-order valence-electron chi connectivity index (χ0n) is 17.4. The smallest absolute Gasteiger partial charge is 0.260 e. The van der Waals surface area contributed by atoms with Gasteiger partial charge in [0.05, 0.1) is 8.48 Å². The molecule has 1 aliphatic rings. The molecule has 32 heavy (non-hydrogen) atoms. The third-order valence-electron chi connectivity index (χ3n) is 4.95. The Kier molecular flexibility index (Phi) is 7.65. The summed E-state index contributed by atoms with van der Waals surface area (Å²) in [6.07, 6.45) is 2.92. The maximum absolute atomic E-state index is 12.4. The highest BCUT2D eigenvalue weighted by molar-refractivity contribution is 14.1. The molecule has 3 aromatic rings. The summed E-state index contributed by atoms with van der Waals surface area (Å²) in [7, 11) is 0. The average Bonchev–Trinajstić information content (AvgIpc) is 3.13. The van der Waals surface area contributed by atoms with Crippen LogP contribution >= 0.6 is 46.0 Å². The number of benzene rings is 3. The lowest BCUT2D eigenvalue weighted by Gasteiger charge is -2.12. The standard InChI is InChI=1S/C25H22ClIN2O2S/c1-2-16-5-10-20(11-6-16)28-25-29-24(30)23(32-25)14-18-7-12-22(21(27)13-18)31-15-17-3-8-19(26)9-4-17/h3-14,25,28H,2,15H2,1H3,(H,29,30)/b23-14-/t25-/m0/s1. The van der Waals surface area contributed by atoms with Crippen molar-refractivity contribution in [3.8, 4) is 5.75 Å². The molecule has 3 aromatic carbocycles. The van der Waals surface area contributed by atoms with E-state index in [1.54, 1.807) is 0 Å². The molecule has 1 aliphatic heterocycles. The Morgan fingerprint density at radius 2 is 1.81 bits per heavy atom. The van der Waals surface area contributed by atoms with Crippen LogP contribution < -0.4 is 15.4 Å². The summed E-state index contributed by atoms with van der Waals surface area (Å²) in [6, 6.07) is 21.8. The minimum atomic E-state index is -0.192. The first kappa shape index (κ1) is 23.0. The minimum Gasteiger partial charge on any atom is -0.488 e. The first-order valence-corrected chi connectivity index (χ1v) is 12.6. The largest absolute Gasteiger partial charge is 0.488 e. The van der Waals surface area contributed by atoms with E-state index in [-0.39, 0.29) is 11.4 Å². The van der Waals surface area contributed by atoms with E-state index in [0.717, 1.165) is 32.6 Å². The Morgan fingerprint density at radius 1 is 1.09 bits per heavy atom. The highest BCUT2D eigenvalue weighted by Gasteiger charge is 2.27. The van der Waals surface area contributed by atoms with Crippen molar-refractivity contribution in [2.45, 2.75) is 25.4 Å². The maximum atomic E-state index is 12.4. The van der Waals surface area contributed by atoms with Gasteiger partial charge in [0, 0.05) is 10.7 Å². The Labute approximate surface area is 210 Å². The molecule has 1 amide bonds. The second-order valence-corrected chi connectivity index (χ2v) is 10.0. The number of hydrogen-bond donors (Lipinski definition) is 2. The molecular formula is C25H22ClIN2O2S. The Morgan fingerprint density at radius 3 is 2.50 bits per heavy atom. The van der Waals surface area contributed by atoms with Gasteiger partial charge in [-0.1, -0.05) is 60.6 Å². The van der Waals surface area contributed by atoms with Crippen molar-refractivity contribution < 1.29 is 9.53 Å². The van der Waals surface area contributed by atoms with Crippen molar-refractivity contribution in [2.75, 3.05) is 5.32 Å². The molecule has 0 radical (unpaired) electrons. The Balaban J connectivity index is 1.38. The van der Waals surface area contributed by atoms with Crippen molar-refractivity contribution >= 4 is 63.6 Å². The first-order chi connectivity index (χ1) is 15.5. The predicted molar refractivity (Wildman–Crippen MR) is 142 cm³/mol. The molecule has 1 fully saturated rings. The van der Waals surface area contributed by atoms with E-state index in [0.29, 0.717) is 16.5 Å². The maximum Gasteiger partial charge on any atom is 0.260 e. The van der Waals surface area contributed by atoms with Crippen molar-refractivity contribution in [1.82, 2.24) is 5.32 Å². The van der Waals surface area contributed by atoms with Crippen LogP contribution in [0.5, 0.6) is 5.75 Å². The molecule has 1 atom stereocenters. The summed E-state index contributed by atoms with van der Waals surface area (Å²) in [4.78, 5) is 13.1.